The van der Waals surface area contributed by atoms with Crippen molar-refractivity contribution in [3.8, 4) is 0 Å². The number of allylic oxidation sites excluding steroid dienone is 1. The van der Waals surface area contributed by atoms with Crippen LogP contribution in [0.2, 0.25) is 0 Å². The first-order chi connectivity index (χ1) is 17.5. The molecule has 0 spiro atoms. The summed E-state index contributed by atoms with van der Waals surface area (Å²) in [5.74, 6) is 1.72. The van der Waals surface area contributed by atoms with Gasteiger partial charge in [-0.1, -0.05) is 30.9 Å². The third kappa shape index (κ3) is 4.38. The zero-order valence-corrected chi connectivity index (χ0v) is 21.8. The fourth-order valence-corrected chi connectivity index (χ4v) is 5.80. The minimum Gasteiger partial charge on any atom is -0.387 e. The predicted molar refractivity (Wildman–Crippen MR) is 147 cm³/mol. The molecule has 1 unspecified atom stereocenters. The van der Waals surface area contributed by atoms with Crippen molar-refractivity contribution >= 4 is 17.2 Å². The van der Waals surface area contributed by atoms with Crippen LogP contribution < -0.4 is 10.2 Å². The van der Waals surface area contributed by atoms with Crippen molar-refractivity contribution in [3.05, 3.63) is 77.3 Å². The molecule has 1 aromatic carbocycles. The standard InChI is InChI=1S/C30H38N6/c1-20-8-10-23-11-9-21(2)31-14-16-34(4)30-19-26(24-12-13-24)32-29-18-27(33-36(29)30)28-7-5-6-15-35(28)22(3)25(23)17-20/h8,10,17-19,24,28,31H,2-3,5-7,9,11-16H2,1,4H3. The molecule has 2 fully saturated rings. The summed E-state index contributed by atoms with van der Waals surface area (Å²) in [6, 6.07) is 11.5. The summed E-state index contributed by atoms with van der Waals surface area (Å²) in [5.41, 5.74) is 9.36. The van der Waals surface area contributed by atoms with Crippen LogP contribution in [0, 0.1) is 6.92 Å². The molecule has 3 aromatic rings. The first-order valence-electron chi connectivity index (χ1n) is 13.6. The van der Waals surface area contributed by atoms with Crippen LogP contribution in [0.5, 0.6) is 0 Å². The van der Waals surface area contributed by atoms with E-state index >= 15 is 0 Å². The van der Waals surface area contributed by atoms with Crippen LogP contribution in [0.4, 0.5) is 5.82 Å². The van der Waals surface area contributed by atoms with Crippen LogP contribution in [-0.4, -0.2) is 46.2 Å². The van der Waals surface area contributed by atoms with Gasteiger partial charge >= 0.3 is 0 Å². The lowest BCUT2D eigenvalue weighted by atomic mass is 9.93. The monoisotopic (exact) mass is 482 g/mol. The number of nitrogens with one attached hydrogen (secondary N) is 1. The molecular formula is C30H38N6. The number of likely N-dealkylation sites (N-methyl/N-ethyl adjacent to an activating group) is 1. The minimum absolute atomic E-state index is 0.216. The van der Waals surface area contributed by atoms with Gasteiger partial charge in [-0.05, 0) is 63.5 Å². The number of nitrogens with zero attached hydrogens (tertiary/aromatic N) is 5. The van der Waals surface area contributed by atoms with Crippen molar-refractivity contribution in [2.24, 2.45) is 0 Å². The second-order valence-electron chi connectivity index (χ2n) is 10.9. The van der Waals surface area contributed by atoms with Gasteiger partial charge in [-0.15, -0.1) is 0 Å². The SMILES string of the molecule is C=C1CCc2ccc(C)cc2C(=C)N2CCCCC2c2cc3nc(C4CC4)cc(n3n2)N(C)CCN1. The van der Waals surface area contributed by atoms with Crippen molar-refractivity contribution in [1.29, 1.82) is 0 Å². The summed E-state index contributed by atoms with van der Waals surface area (Å²) in [6.07, 6.45) is 7.84. The highest BCUT2D eigenvalue weighted by Crippen LogP contribution is 2.41. The Bertz CT molecular complexity index is 1320. The molecule has 2 bridgehead atoms. The average molecular weight is 483 g/mol. The van der Waals surface area contributed by atoms with E-state index in [1.807, 2.05) is 0 Å². The van der Waals surface area contributed by atoms with Gasteiger partial charge in [0, 0.05) is 67.4 Å². The van der Waals surface area contributed by atoms with Gasteiger partial charge < -0.3 is 15.1 Å². The molecule has 1 N–H and O–H groups in total. The maximum absolute atomic E-state index is 5.19. The number of hydrogen-bond acceptors (Lipinski definition) is 5. The maximum atomic E-state index is 5.19. The number of rotatable bonds is 1. The van der Waals surface area contributed by atoms with Crippen molar-refractivity contribution in [2.75, 3.05) is 31.6 Å². The Kier molecular flexibility index (Phi) is 5.98. The summed E-state index contributed by atoms with van der Waals surface area (Å²) in [7, 11) is 2.16. The predicted octanol–water partition coefficient (Wildman–Crippen LogP) is 5.60. The summed E-state index contributed by atoms with van der Waals surface area (Å²) < 4.78 is 2.07. The van der Waals surface area contributed by atoms with E-state index in [0.29, 0.717) is 5.92 Å². The van der Waals surface area contributed by atoms with Gasteiger partial charge in [0.2, 0.25) is 0 Å². The first-order valence-corrected chi connectivity index (χ1v) is 13.6. The molecule has 6 rings (SSSR count). The van der Waals surface area contributed by atoms with E-state index in [1.165, 1.54) is 48.1 Å². The first kappa shape index (κ1) is 23.1. The number of piperidine rings is 1. The Morgan fingerprint density at radius 3 is 2.67 bits per heavy atom. The van der Waals surface area contributed by atoms with Crippen LogP contribution in [0.25, 0.3) is 11.3 Å². The Morgan fingerprint density at radius 1 is 0.972 bits per heavy atom. The molecule has 0 amide bonds. The van der Waals surface area contributed by atoms with Gasteiger partial charge in [-0.3, -0.25) is 0 Å². The van der Waals surface area contributed by atoms with E-state index in [2.05, 4.69) is 77.1 Å². The maximum Gasteiger partial charge on any atom is 0.157 e. The van der Waals surface area contributed by atoms with E-state index in [1.54, 1.807) is 0 Å². The van der Waals surface area contributed by atoms with Crippen molar-refractivity contribution in [1.82, 2.24) is 24.8 Å². The summed E-state index contributed by atoms with van der Waals surface area (Å²) in [6.45, 7) is 13.9. The van der Waals surface area contributed by atoms with Gasteiger partial charge in [-0.2, -0.15) is 9.61 Å². The largest absolute Gasteiger partial charge is 0.387 e. The summed E-state index contributed by atoms with van der Waals surface area (Å²) in [4.78, 5) is 9.88. The van der Waals surface area contributed by atoms with E-state index in [9.17, 15) is 0 Å². The smallest absolute Gasteiger partial charge is 0.157 e. The number of anilines is 1. The van der Waals surface area contributed by atoms with E-state index < -0.39 is 0 Å². The number of benzene rings is 1. The molecule has 1 saturated heterocycles. The lowest BCUT2D eigenvalue weighted by Crippen LogP contribution is -2.33. The fraction of sp³-hybridized carbons (Fsp3) is 0.467. The normalized spacial score (nSPS) is 21.4. The van der Waals surface area contributed by atoms with Crippen LogP contribution in [0.15, 0.2) is 49.2 Å². The second kappa shape index (κ2) is 9.30. The molecule has 6 nitrogen and oxygen atoms in total. The van der Waals surface area contributed by atoms with Gasteiger partial charge in [0.15, 0.2) is 5.65 Å². The molecule has 2 aliphatic heterocycles. The van der Waals surface area contributed by atoms with Crippen molar-refractivity contribution < 1.29 is 0 Å². The zero-order valence-electron chi connectivity index (χ0n) is 21.8. The molecule has 4 heterocycles. The molecule has 6 heteroatoms. The highest BCUT2D eigenvalue weighted by Gasteiger charge is 2.31. The lowest BCUT2D eigenvalue weighted by Gasteiger charge is -2.38. The van der Waals surface area contributed by atoms with Crippen LogP contribution >= 0.6 is 0 Å². The number of aryl methyl sites for hydroxylation is 2. The third-order valence-electron chi connectivity index (χ3n) is 8.12. The molecule has 36 heavy (non-hydrogen) atoms. The topological polar surface area (TPSA) is 48.7 Å². The van der Waals surface area contributed by atoms with E-state index in [4.69, 9.17) is 10.1 Å². The second-order valence-corrected chi connectivity index (χ2v) is 10.9. The number of hydrogen-bond donors (Lipinski definition) is 1. The van der Waals surface area contributed by atoms with Gasteiger partial charge in [0.1, 0.15) is 5.82 Å². The van der Waals surface area contributed by atoms with E-state index in [0.717, 1.165) is 67.4 Å². The molecule has 1 atom stereocenters. The summed E-state index contributed by atoms with van der Waals surface area (Å²) in [5, 5.41) is 8.76. The summed E-state index contributed by atoms with van der Waals surface area (Å²) >= 11 is 0. The fourth-order valence-electron chi connectivity index (χ4n) is 5.80. The Hall–Kier alpha value is -3.28. The molecule has 3 aliphatic rings. The van der Waals surface area contributed by atoms with Gasteiger partial charge in [0.25, 0.3) is 0 Å². The Labute approximate surface area is 214 Å². The number of aromatic nitrogens is 3. The van der Waals surface area contributed by atoms with Crippen molar-refractivity contribution in [2.45, 2.75) is 63.8 Å². The number of fused-ring (bicyclic) bond motifs is 4. The van der Waals surface area contributed by atoms with Crippen LogP contribution in [0.1, 0.15) is 78.6 Å². The highest BCUT2D eigenvalue weighted by atomic mass is 15.4. The van der Waals surface area contributed by atoms with Crippen molar-refractivity contribution in [3.63, 3.8) is 0 Å². The van der Waals surface area contributed by atoms with Gasteiger partial charge in [0.05, 0.1) is 11.7 Å². The van der Waals surface area contributed by atoms with E-state index in [-0.39, 0.29) is 6.04 Å². The van der Waals surface area contributed by atoms with Crippen LogP contribution in [-0.2, 0) is 6.42 Å². The Balaban J connectivity index is 1.47. The third-order valence-corrected chi connectivity index (χ3v) is 8.12. The minimum atomic E-state index is 0.216. The van der Waals surface area contributed by atoms with Crippen LogP contribution in [0.3, 0.4) is 0 Å². The molecule has 0 radical (unpaired) electrons. The van der Waals surface area contributed by atoms with Gasteiger partial charge in [-0.25, -0.2) is 4.98 Å². The average Bonchev–Trinajstić information content (AvgIpc) is 3.65. The Morgan fingerprint density at radius 2 is 1.83 bits per heavy atom. The highest BCUT2D eigenvalue weighted by molar-refractivity contribution is 5.66. The molecule has 1 aliphatic carbocycles. The molecular weight excluding hydrogens is 444 g/mol. The quantitative estimate of drug-likeness (QED) is 0.489. The zero-order chi connectivity index (χ0) is 24.8. The molecule has 1 saturated carbocycles. The molecule has 2 aromatic heterocycles. The molecule has 188 valence electrons. The lowest BCUT2D eigenvalue weighted by molar-refractivity contribution is 0.226.